The second-order valence-corrected chi connectivity index (χ2v) is 8.70. The Morgan fingerprint density at radius 1 is 0.733 bits per heavy atom. The molecule has 1 atom stereocenters. The van der Waals surface area contributed by atoms with Gasteiger partial charge in [0.25, 0.3) is 5.52 Å². The molecule has 3 aromatic carbocycles. The second-order valence-electron chi connectivity index (χ2n) is 6.50. The lowest BCUT2D eigenvalue weighted by molar-refractivity contribution is 0.106. The molecule has 3 rings (SSSR count). The first kappa shape index (κ1) is 21.5. The molecule has 156 valence electrons. The van der Waals surface area contributed by atoms with Crippen LogP contribution in [0.25, 0.3) is 0 Å². The first-order valence-corrected chi connectivity index (χ1v) is 10.8. The van der Waals surface area contributed by atoms with Gasteiger partial charge in [0.05, 0.1) is 26.6 Å². The van der Waals surface area contributed by atoms with Crippen molar-refractivity contribution in [3.05, 3.63) is 77.9 Å². The number of aryl methyl sites for hydroxylation is 1. The molecule has 1 unspecified atom stereocenters. The highest BCUT2D eigenvalue weighted by Gasteiger charge is 2.41. The fourth-order valence-electron chi connectivity index (χ4n) is 2.95. The van der Waals surface area contributed by atoms with Crippen molar-refractivity contribution in [1.29, 1.82) is 0 Å². The lowest BCUT2D eigenvalue weighted by Gasteiger charge is -2.21. The molecule has 0 aliphatic rings. The van der Waals surface area contributed by atoms with Crippen LogP contribution in [0.5, 0.6) is 23.0 Å². The van der Waals surface area contributed by atoms with E-state index in [0.717, 1.165) is 5.56 Å². The van der Waals surface area contributed by atoms with Crippen molar-refractivity contribution in [2.75, 3.05) is 21.3 Å². The number of carbonyl (C=O) groups excluding carboxylic acids is 1. The average Bonchev–Trinajstić information content (AvgIpc) is 2.78. The molecule has 0 radical (unpaired) electrons. The van der Waals surface area contributed by atoms with Gasteiger partial charge in [0, 0.05) is 0 Å². The van der Waals surface area contributed by atoms with Crippen LogP contribution in [0.15, 0.2) is 66.7 Å². The highest BCUT2D eigenvalue weighted by Crippen LogP contribution is 2.52. The largest absolute Gasteiger partial charge is 0.497 e. The Bertz CT molecular complexity index is 1050. The molecule has 30 heavy (non-hydrogen) atoms. The molecule has 0 bridgehead atoms. The van der Waals surface area contributed by atoms with Gasteiger partial charge in [-0.1, -0.05) is 23.8 Å². The molecule has 0 N–H and O–H groups in total. The van der Waals surface area contributed by atoms with Gasteiger partial charge in [0.15, 0.2) is 0 Å². The topological polar surface area (TPSA) is 71.1 Å². The summed E-state index contributed by atoms with van der Waals surface area (Å²) >= 11 is 0. The van der Waals surface area contributed by atoms with Crippen molar-refractivity contribution in [3.8, 4) is 23.0 Å². The van der Waals surface area contributed by atoms with E-state index in [0.29, 0.717) is 5.75 Å². The van der Waals surface area contributed by atoms with Crippen LogP contribution in [0.3, 0.4) is 0 Å². The number of carbonyl (C=O) groups is 1. The molecule has 0 aromatic heterocycles. The van der Waals surface area contributed by atoms with Gasteiger partial charge in [0.1, 0.15) is 28.6 Å². The Morgan fingerprint density at radius 2 is 1.27 bits per heavy atom. The molecule has 7 heteroatoms. The van der Waals surface area contributed by atoms with Crippen LogP contribution in [0, 0.1) is 6.92 Å². The molecular formula is C23H23O6P. The Balaban J connectivity index is 2.15. The number of hydrogen-bond donors (Lipinski definition) is 0. The normalized spacial score (nSPS) is 12.5. The van der Waals surface area contributed by atoms with Gasteiger partial charge in [-0.2, -0.15) is 0 Å². The van der Waals surface area contributed by atoms with E-state index in [1.54, 1.807) is 73.8 Å². The van der Waals surface area contributed by atoms with Crippen molar-refractivity contribution in [2.45, 2.75) is 6.92 Å². The minimum Gasteiger partial charge on any atom is -0.497 e. The Morgan fingerprint density at radius 3 is 1.77 bits per heavy atom. The maximum atomic E-state index is 14.2. The highest BCUT2D eigenvalue weighted by molar-refractivity contribution is 7.83. The van der Waals surface area contributed by atoms with E-state index >= 15 is 0 Å². The van der Waals surface area contributed by atoms with Crippen LogP contribution in [0.4, 0.5) is 0 Å². The number of rotatable bonds is 8. The lowest BCUT2D eigenvalue weighted by Crippen LogP contribution is -2.19. The van der Waals surface area contributed by atoms with Gasteiger partial charge in [0.2, 0.25) is 0 Å². The molecular weight excluding hydrogens is 403 g/mol. The Kier molecular flexibility index (Phi) is 6.48. The predicted octanol–water partition coefficient (Wildman–Crippen LogP) is 4.84. The van der Waals surface area contributed by atoms with Gasteiger partial charge >= 0.3 is 7.37 Å². The van der Waals surface area contributed by atoms with Crippen molar-refractivity contribution in [1.82, 2.24) is 0 Å². The van der Waals surface area contributed by atoms with E-state index in [1.165, 1.54) is 14.2 Å². The number of methoxy groups -OCH3 is 3. The van der Waals surface area contributed by atoms with Crippen molar-refractivity contribution in [3.63, 3.8) is 0 Å². The monoisotopic (exact) mass is 426 g/mol. The fourth-order valence-corrected chi connectivity index (χ4v) is 4.84. The van der Waals surface area contributed by atoms with E-state index in [9.17, 15) is 9.36 Å². The van der Waals surface area contributed by atoms with Crippen LogP contribution in [0.1, 0.15) is 15.9 Å². The molecule has 3 aromatic rings. The summed E-state index contributed by atoms with van der Waals surface area (Å²) in [4.78, 5) is 13.7. The molecule has 0 saturated carbocycles. The molecule has 0 spiro atoms. The SMILES string of the molecule is COc1ccc(OP(=O)(C(=O)c2c(OC)cccc2OC)c2ccc(C)cc2)cc1. The summed E-state index contributed by atoms with van der Waals surface area (Å²) in [5, 5.41) is 0.280. The smallest absolute Gasteiger partial charge is 0.346 e. The van der Waals surface area contributed by atoms with Crippen molar-refractivity contribution in [2.24, 2.45) is 0 Å². The van der Waals surface area contributed by atoms with E-state index in [-0.39, 0.29) is 28.1 Å². The molecule has 0 saturated heterocycles. The predicted molar refractivity (Wildman–Crippen MR) is 116 cm³/mol. The summed E-state index contributed by atoms with van der Waals surface area (Å²) in [6, 6.07) is 18.3. The summed E-state index contributed by atoms with van der Waals surface area (Å²) in [7, 11) is 0.351. The van der Waals surface area contributed by atoms with Crippen LogP contribution < -0.4 is 24.0 Å². The molecule has 0 aliphatic heterocycles. The van der Waals surface area contributed by atoms with Crippen molar-refractivity contribution < 1.29 is 28.1 Å². The van der Waals surface area contributed by atoms with E-state index in [2.05, 4.69) is 0 Å². The summed E-state index contributed by atoms with van der Waals surface area (Å²) in [6.07, 6.45) is 0. The quantitative estimate of drug-likeness (QED) is 0.480. The van der Waals surface area contributed by atoms with E-state index in [4.69, 9.17) is 18.7 Å². The van der Waals surface area contributed by atoms with Crippen molar-refractivity contribution >= 4 is 18.2 Å². The first-order valence-electron chi connectivity index (χ1n) is 9.19. The van der Waals surface area contributed by atoms with Gasteiger partial charge in [-0.15, -0.1) is 0 Å². The molecule has 0 amide bonds. The standard InChI is InChI=1S/C23H23O6P/c1-16-8-14-19(15-9-16)30(25,29-18-12-10-17(26-2)11-13-18)23(24)22-20(27-3)6-5-7-21(22)28-4/h5-15H,1-4H3. The maximum absolute atomic E-state index is 14.2. The minimum absolute atomic E-state index is 0.0694. The van der Waals surface area contributed by atoms with Crippen LogP contribution in [-0.2, 0) is 4.57 Å². The summed E-state index contributed by atoms with van der Waals surface area (Å²) in [5.74, 6) is 1.40. The average molecular weight is 426 g/mol. The fraction of sp³-hybridized carbons (Fsp3) is 0.174. The highest BCUT2D eigenvalue weighted by atomic mass is 31.2. The first-order chi connectivity index (χ1) is 14.4. The summed E-state index contributed by atoms with van der Waals surface area (Å²) < 4.78 is 35.9. The number of hydrogen-bond acceptors (Lipinski definition) is 6. The third-order valence-corrected chi connectivity index (χ3v) is 6.78. The van der Waals surface area contributed by atoms with Crippen LogP contribution in [-0.4, -0.2) is 26.9 Å². The maximum Gasteiger partial charge on any atom is 0.346 e. The zero-order valence-electron chi connectivity index (χ0n) is 17.2. The van der Waals surface area contributed by atoms with Gasteiger partial charge < -0.3 is 18.7 Å². The van der Waals surface area contributed by atoms with E-state index in [1.807, 2.05) is 6.92 Å². The molecule has 0 heterocycles. The number of benzene rings is 3. The van der Waals surface area contributed by atoms with E-state index < -0.39 is 12.9 Å². The second kappa shape index (κ2) is 9.06. The summed E-state index contributed by atoms with van der Waals surface area (Å²) in [5.41, 5.74) is 0.327. The van der Waals surface area contributed by atoms with Crippen LogP contribution in [0.2, 0.25) is 0 Å². The third kappa shape index (κ3) is 4.19. The minimum atomic E-state index is -4.07. The zero-order chi connectivity index (χ0) is 21.7. The summed E-state index contributed by atoms with van der Waals surface area (Å²) in [6.45, 7) is 1.91. The van der Waals surface area contributed by atoms with Crippen LogP contribution >= 0.6 is 7.37 Å². The zero-order valence-corrected chi connectivity index (χ0v) is 18.1. The Hall–Kier alpha value is -3.24. The Labute approximate surface area is 175 Å². The lowest BCUT2D eigenvalue weighted by atomic mass is 10.2. The number of ether oxygens (including phenoxy) is 3. The molecule has 0 fully saturated rings. The van der Waals surface area contributed by atoms with Gasteiger partial charge in [-0.05, 0) is 55.5 Å². The van der Waals surface area contributed by atoms with Gasteiger partial charge in [-0.25, -0.2) is 0 Å². The molecule has 0 aliphatic carbocycles. The third-order valence-electron chi connectivity index (χ3n) is 4.58. The molecule has 6 nitrogen and oxygen atoms in total. The van der Waals surface area contributed by atoms with Gasteiger partial charge in [-0.3, -0.25) is 9.36 Å².